The standard InChI is InChI=1S/C30H34N2O5/c1-5-17-31-30(34)26(18-22-9-7-6-8-10-22)32(21-23-11-14-25(35-2)15-12-23)29(33)20-24-13-16-27(36-3)28(19-24)37-4/h5-16,19,26H,1,17-18,20-21H2,2-4H3,(H,31,34)/t26-/m0/s1. The summed E-state index contributed by atoms with van der Waals surface area (Å²) in [6, 6.07) is 21.8. The minimum Gasteiger partial charge on any atom is -0.497 e. The number of methoxy groups -OCH3 is 3. The zero-order valence-corrected chi connectivity index (χ0v) is 21.6. The molecule has 0 unspecified atom stereocenters. The molecule has 0 aromatic heterocycles. The van der Waals surface area contributed by atoms with Crippen LogP contribution in [-0.2, 0) is 29.0 Å². The van der Waals surface area contributed by atoms with Gasteiger partial charge in [-0.15, -0.1) is 6.58 Å². The molecule has 1 N–H and O–H groups in total. The molecule has 2 amide bonds. The number of hydrogen-bond donors (Lipinski definition) is 1. The molecule has 0 aliphatic carbocycles. The molecule has 194 valence electrons. The monoisotopic (exact) mass is 502 g/mol. The van der Waals surface area contributed by atoms with Gasteiger partial charge in [0.15, 0.2) is 11.5 Å². The van der Waals surface area contributed by atoms with Crippen molar-refractivity contribution in [3.8, 4) is 17.2 Å². The van der Waals surface area contributed by atoms with Gasteiger partial charge in [-0.25, -0.2) is 0 Å². The maximum atomic E-state index is 13.8. The Balaban J connectivity index is 1.97. The molecular formula is C30H34N2O5. The second-order valence-corrected chi connectivity index (χ2v) is 8.48. The predicted molar refractivity (Wildman–Crippen MR) is 144 cm³/mol. The fraction of sp³-hybridized carbons (Fsp3) is 0.267. The molecule has 7 heteroatoms. The van der Waals surface area contributed by atoms with Crippen LogP contribution in [0, 0.1) is 0 Å². The van der Waals surface area contributed by atoms with Gasteiger partial charge in [-0.3, -0.25) is 9.59 Å². The number of ether oxygens (including phenoxy) is 3. The van der Waals surface area contributed by atoms with Crippen molar-refractivity contribution in [1.82, 2.24) is 10.2 Å². The van der Waals surface area contributed by atoms with Crippen LogP contribution in [0.25, 0.3) is 0 Å². The van der Waals surface area contributed by atoms with Crippen molar-refractivity contribution in [3.63, 3.8) is 0 Å². The van der Waals surface area contributed by atoms with Crippen LogP contribution >= 0.6 is 0 Å². The normalized spacial score (nSPS) is 11.2. The number of nitrogens with zero attached hydrogens (tertiary/aromatic N) is 1. The van der Waals surface area contributed by atoms with Gasteiger partial charge < -0.3 is 24.4 Å². The molecule has 0 aliphatic rings. The highest BCUT2D eigenvalue weighted by Crippen LogP contribution is 2.28. The first-order valence-electron chi connectivity index (χ1n) is 12.0. The van der Waals surface area contributed by atoms with Crippen LogP contribution in [0.1, 0.15) is 16.7 Å². The third kappa shape index (κ3) is 7.61. The number of hydrogen-bond acceptors (Lipinski definition) is 5. The second-order valence-electron chi connectivity index (χ2n) is 8.48. The molecule has 3 aromatic rings. The van der Waals surface area contributed by atoms with Gasteiger partial charge in [0.1, 0.15) is 11.8 Å². The Kier molecular flexibility index (Phi) is 10.1. The largest absolute Gasteiger partial charge is 0.497 e. The molecule has 0 heterocycles. The van der Waals surface area contributed by atoms with Crippen molar-refractivity contribution in [1.29, 1.82) is 0 Å². The lowest BCUT2D eigenvalue weighted by atomic mass is 10.0. The molecule has 1 atom stereocenters. The van der Waals surface area contributed by atoms with Gasteiger partial charge in [0.2, 0.25) is 11.8 Å². The van der Waals surface area contributed by atoms with Gasteiger partial charge in [0, 0.05) is 19.5 Å². The Bertz CT molecular complexity index is 1180. The van der Waals surface area contributed by atoms with Gasteiger partial charge in [0.25, 0.3) is 0 Å². The highest BCUT2D eigenvalue weighted by atomic mass is 16.5. The van der Waals surface area contributed by atoms with Crippen molar-refractivity contribution in [3.05, 3.63) is 102 Å². The van der Waals surface area contributed by atoms with Crippen LogP contribution in [0.15, 0.2) is 85.5 Å². The number of rotatable bonds is 13. The summed E-state index contributed by atoms with van der Waals surface area (Å²) in [6.07, 6.45) is 2.09. The SMILES string of the molecule is C=CCNC(=O)[C@H](Cc1ccccc1)N(Cc1ccc(OC)cc1)C(=O)Cc1ccc(OC)c(OC)c1. The zero-order chi connectivity index (χ0) is 26.6. The summed E-state index contributed by atoms with van der Waals surface area (Å²) >= 11 is 0. The van der Waals surface area contributed by atoms with E-state index < -0.39 is 6.04 Å². The Hall–Kier alpha value is -4.26. The number of nitrogens with one attached hydrogen (secondary N) is 1. The highest BCUT2D eigenvalue weighted by molar-refractivity contribution is 5.89. The lowest BCUT2D eigenvalue weighted by Crippen LogP contribution is -2.51. The molecule has 3 aromatic carbocycles. The Morgan fingerprint density at radius 3 is 2.16 bits per heavy atom. The molecule has 0 saturated heterocycles. The molecule has 0 saturated carbocycles. The fourth-order valence-corrected chi connectivity index (χ4v) is 4.04. The zero-order valence-electron chi connectivity index (χ0n) is 21.6. The third-order valence-corrected chi connectivity index (χ3v) is 6.01. The minimum absolute atomic E-state index is 0.0938. The maximum absolute atomic E-state index is 13.8. The maximum Gasteiger partial charge on any atom is 0.243 e. The smallest absolute Gasteiger partial charge is 0.243 e. The predicted octanol–water partition coefficient (Wildman–Crippen LogP) is 4.20. The Morgan fingerprint density at radius 1 is 0.865 bits per heavy atom. The highest BCUT2D eigenvalue weighted by Gasteiger charge is 2.30. The average molecular weight is 503 g/mol. The first-order valence-corrected chi connectivity index (χ1v) is 12.0. The minimum atomic E-state index is -0.725. The summed E-state index contributed by atoms with van der Waals surface area (Å²) in [5.74, 6) is 1.42. The van der Waals surface area contributed by atoms with E-state index in [1.807, 2.05) is 60.7 Å². The van der Waals surface area contributed by atoms with Gasteiger partial charge >= 0.3 is 0 Å². The molecule has 7 nitrogen and oxygen atoms in total. The van der Waals surface area contributed by atoms with Crippen molar-refractivity contribution in [2.75, 3.05) is 27.9 Å². The first-order chi connectivity index (χ1) is 18.0. The lowest BCUT2D eigenvalue weighted by molar-refractivity contribution is -0.140. The summed E-state index contributed by atoms with van der Waals surface area (Å²) in [5.41, 5.74) is 2.60. The molecule has 0 spiro atoms. The first kappa shape index (κ1) is 27.3. The van der Waals surface area contributed by atoms with E-state index >= 15 is 0 Å². The summed E-state index contributed by atoms with van der Waals surface area (Å²) in [5, 5.41) is 2.88. The number of benzene rings is 3. The number of amides is 2. The average Bonchev–Trinajstić information content (AvgIpc) is 2.94. The summed E-state index contributed by atoms with van der Waals surface area (Å²) in [4.78, 5) is 28.8. The molecule has 0 aliphatic heterocycles. The summed E-state index contributed by atoms with van der Waals surface area (Å²) in [7, 11) is 4.72. The van der Waals surface area contributed by atoms with Crippen molar-refractivity contribution in [2.24, 2.45) is 0 Å². The van der Waals surface area contributed by atoms with Crippen LogP contribution in [0.2, 0.25) is 0 Å². The summed E-state index contributed by atoms with van der Waals surface area (Å²) < 4.78 is 16.0. The van der Waals surface area contributed by atoms with E-state index in [4.69, 9.17) is 14.2 Å². The van der Waals surface area contributed by atoms with Gasteiger partial charge in [-0.2, -0.15) is 0 Å². The molecule has 0 bridgehead atoms. The van der Waals surface area contributed by atoms with Crippen molar-refractivity contribution >= 4 is 11.8 Å². The second kappa shape index (κ2) is 13.7. The van der Waals surface area contributed by atoms with Crippen LogP contribution in [0.3, 0.4) is 0 Å². The third-order valence-electron chi connectivity index (χ3n) is 6.01. The fourth-order valence-electron chi connectivity index (χ4n) is 4.04. The summed E-state index contributed by atoms with van der Waals surface area (Å²) in [6.45, 7) is 4.27. The van der Waals surface area contributed by atoms with Gasteiger partial charge in [-0.05, 0) is 41.0 Å². The van der Waals surface area contributed by atoms with E-state index in [0.717, 1.165) is 22.4 Å². The van der Waals surface area contributed by atoms with E-state index in [2.05, 4.69) is 11.9 Å². The van der Waals surface area contributed by atoms with E-state index in [1.165, 1.54) is 0 Å². The number of carbonyl (C=O) groups is 2. The van der Waals surface area contributed by atoms with E-state index in [0.29, 0.717) is 24.5 Å². The molecule has 37 heavy (non-hydrogen) atoms. The van der Waals surface area contributed by atoms with Gasteiger partial charge in [-0.1, -0.05) is 54.6 Å². The van der Waals surface area contributed by atoms with E-state index in [1.54, 1.807) is 44.4 Å². The van der Waals surface area contributed by atoms with Crippen molar-refractivity contribution in [2.45, 2.75) is 25.4 Å². The lowest BCUT2D eigenvalue weighted by Gasteiger charge is -2.31. The van der Waals surface area contributed by atoms with Crippen LogP contribution in [-0.4, -0.2) is 50.6 Å². The molecule has 3 rings (SSSR count). The molecule has 0 radical (unpaired) electrons. The quantitative estimate of drug-likeness (QED) is 0.355. The van der Waals surface area contributed by atoms with Crippen LogP contribution < -0.4 is 19.5 Å². The van der Waals surface area contributed by atoms with Gasteiger partial charge in [0.05, 0.1) is 27.8 Å². The van der Waals surface area contributed by atoms with Crippen molar-refractivity contribution < 1.29 is 23.8 Å². The topological polar surface area (TPSA) is 77.1 Å². The van der Waals surface area contributed by atoms with Crippen LogP contribution in [0.5, 0.6) is 17.2 Å². The molecular weight excluding hydrogens is 468 g/mol. The van der Waals surface area contributed by atoms with E-state index in [9.17, 15) is 9.59 Å². The number of carbonyl (C=O) groups excluding carboxylic acids is 2. The Labute approximate surface area is 218 Å². The van der Waals surface area contributed by atoms with Crippen LogP contribution in [0.4, 0.5) is 0 Å². The molecule has 0 fully saturated rings. The van der Waals surface area contributed by atoms with E-state index in [-0.39, 0.29) is 24.8 Å². The Morgan fingerprint density at radius 2 is 1.54 bits per heavy atom.